The van der Waals surface area contributed by atoms with Gasteiger partial charge in [0.2, 0.25) is 0 Å². The Morgan fingerprint density at radius 1 is 1.36 bits per heavy atom. The van der Waals surface area contributed by atoms with E-state index in [1.54, 1.807) is 0 Å². The maximum absolute atomic E-state index is 5.61. The van der Waals surface area contributed by atoms with Crippen molar-refractivity contribution in [2.24, 2.45) is 5.92 Å². The van der Waals surface area contributed by atoms with Crippen molar-refractivity contribution in [3.63, 3.8) is 0 Å². The number of allylic oxidation sites excluding steroid dienone is 2. The highest BCUT2D eigenvalue weighted by atomic mass is 16.5. The molecule has 0 aromatic carbocycles. The average Bonchev–Trinajstić information content (AvgIpc) is 2.33. The Hall–Kier alpha value is -1.18. The predicted molar refractivity (Wildman–Crippen MR) is 57.7 cm³/mol. The molecule has 0 aliphatic carbocycles. The maximum atomic E-state index is 5.61. The molecule has 1 aliphatic heterocycles. The van der Waals surface area contributed by atoms with Gasteiger partial charge in [-0.25, -0.2) is 0 Å². The van der Waals surface area contributed by atoms with Gasteiger partial charge in [-0.2, -0.15) is 0 Å². The Kier molecular flexibility index (Phi) is 3.81. The van der Waals surface area contributed by atoms with E-state index in [1.807, 2.05) is 6.08 Å². The summed E-state index contributed by atoms with van der Waals surface area (Å²) in [5.41, 5.74) is 1.07. The smallest absolute Gasteiger partial charge is 0.163 e. The highest BCUT2D eigenvalue weighted by molar-refractivity contribution is 5.32. The van der Waals surface area contributed by atoms with Crippen molar-refractivity contribution in [2.75, 3.05) is 13.2 Å². The van der Waals surface area contributed by atoms with Gasteiger partial charge in [-0.15, -0.1) is 0 Å². The predicted octanol–water partition coefficient (Wildman–Crippen LogP) is 3.03. The van der Waals surface area contributed by atoms with Crippen LogP contribution < -0.4 is 0 Å². The summed E-state index contributed by atoms with van der Waals surface area (Å²) in [6.45, 7) is 13.2. The van der Waals surface area contributed by atoms with Crippen LogP contribution in [0.1, 0.15) is 20.3 Å². The van der Waals surface area contributed by atoms with Crippen molar-refractivity contribution in [1.82, 2.24) is 0 Å². The van der Waals surface area contributed by atoms with Gasteiger partial charge in [-0.3, -0.25) is 0 Å². The van der Waals surface area contributed by atoms with E-state index >= 15 is 0 Å². The van der Waals surface area contributed by atoms with Crippen LogP contribution in [0.15, 0.2) is 36.3 Å². The lowest BCUT2D eigenvalue weighted by Crippen LogP contribution is -2.02. The summed E-state index contributed by atoms with van der Waals surface area (Å²) in [6, 6.07) is 0. The van der Waals surface area contributed by atoms with Gasteiger partial charge in [0, 0.05) is 6.42 Å². The molecule has 0 bridgehead atoms. The molecule has 0 aromatic heterocycles. The van der Waals surface area contributed by atoms with Gasteiger partial charge in [0.05, 0.1) is 13.2 Å². The third-order valence-corrected chi connectivity index (χ3v) is 2.17. The largest absolute Gasteiger partial charge is 0.490 e. The molecule has 1 fully saturated rings. The van der Waals surface area contributed by atoms with Gasteiger partial charge >= 0.3 is 0 Å². The van der Waals surface area contributed by atoms with Gasteiger partial charge < -0.3 is 9.47 Å². The standard InChI is InChI=1S/C12H18O2/c1-5-11(9(2)3)12-10(4)13-7-6-8-14-12/h5,9H,1,4,6-8H2,2-3H3/b12-11-. The van der Waals surface area contributed by atoms with E-state index in [0.717, 1.165) is 17.8 Å². The van der Waals surface area contributed by atoms with Crippen LogP contribution in [0.3, 0.4) is 0 Å². The monoisotopic (exact) mass is 194 g/mol. The Bertz CT molecular complexity index is 261. The zero-order chi connectivity index (χ0) is 10.6. The fourth-order valence-electron chi connectivity index (χ4n) is 1.41. The van der Waals surface area contributed by atoms with Crippen LogP contribution >= 0.6 is 0 Å². The number of hydrogen-bond donors (Lipinski definition) is 0. The van der Waals surface area contributed by atoms with Gasteiger partial charge in [0.25, 0.3) is 0 Å². The molecule has 0 spiro atoms. The van der Waals surface area contributed by atoms with Crippen LogP contribution in [0, 0.1) is 5.92 Å². The second-order valence-corrected chi connectivity index (χ2v) is 3.62. The van der Waals surface area contributed by atoms with Crippen molar-refractivity contribution in [3.8, 4) is 0 Å². The summed E-state index contributed by atoms with van der Waals surface area (Å²) in [5, 5.41) is 0. The molecule has 2 heteroatoms. The first-order valence-electron chi connectivity index (χ1n) is 4.98. The second kappa shape index (κ2) is 4.89. The zero-order valence-electron chi connectivity index (χ0n) is 9.01. The van der Waals surface area contributed by atoms with Gasteiger partial charge in [0.15, 0.2) is 11.5 Å². The molecule has 0 aromatic rings. The molecule has 1 heterocycles. The minimum absolute atomic E-state index is 0.376. The van der Waals surface area contributed by atoms with Crippen molar-refractivity contribution >= 4 is 0 Å². The van der Waals surface area contributed by atoms with Crippen LogP contribution in [-0.4, -0.2) is 13.2 Å². The molecular formula is C12H18O2. The van der Waals surface area contributed by atoms with Crippen molar-refractivity contribution in [2.45, 2.75) is 20.3 Å². The topological polar surface area (TPSA) is 18.5 Å². The van der Waals surface area contributed by atoms with Crippen LogP contribution in [0.2, 0.25) is 0 Å². The van der Waals surface area contributed by atoms with Gasteiger partial charge in [-0.1, -0.05) is 33.1 Å². The summed E-state index contributed by atoms with van der Waals surface area (Å²) in [4.78, 5) is 0. The highest BCUT2D eigenvalue weighted by Crippen LogP contribution is 2.25. The summed E-state index contributed by atoms with van der Waals surface area (Å²) in [6.07, 6.45) is 2.73. The van der Waals surface area contributed by atoms with Crippen molar-refractivity contribution in [1.29, 1.82) is 0 Å². The molecule has 0 saturated carbocycles. The first-order valence-corrected chi connectivity index (χ1v) is 4.98. The third kappa shape index (κ3) is 2.41. The fourth-order valence-corrected chi connectivity index (χ4v) is 1.41. The SMILES string of the molecule is C=C/C(=C1/OCCCOC1=C)C(C)C. The molecule has 0 atom stereocenters. The van der Waals surface area contributed by atoms with E-state index in [9.17, 15) is 0 Å². The number of hydrogen-bond acceptors (Lipinski definition) is 2. The molecular weight excluding hydrogens is 176 g/mol. The molecule has 1 rings (SSSR count). The molecule has 14 heavy (non-hydrogen) atoms. The maximum Gasteiger partial charge on any atom is 0.163 e. The summed E-state index contributed by atoms with van der Waals surface area (Å²) in [5.74, 6) is 1.78. The third-order valence-electron chi connectivity index (χ3n) is 2.17. The highest BCUT2D eigenvalue weighted by Gasteiger charge is 2.16. The van der Waals surface area contributed by atoms with Crippen LogP contribution in [0.25, 0.3) is 0 Å². The Morgan fingerprint density at radius 3 is 2.57 bits per heavy atom. The molecule has 1 aliphatic rings. The molecule has 2 nitrogen and oxygen atoms in total. The first kappa shape index (κ1) is 10.9. The molecule has 0 unspecified atom stereocenters. The minimum Gasteiger partial charge on any atom is -0.490 e. The molecule has 0 N–H and O–H groups in total. The van der Waals surface area contributed by atoms with E-state index in [2.05, 4.69) is 27.0 Å². The zero-order valence-corrected chi connectivity index (χ0v) is 9.01. The van der Waals surface area contributed by atoms with Crippen LogP contribution in [0.5, 0.6) is 0 Å². The molecule has 78 valence electrons. The number of rotatable bonds is 2. The first-order chi connectivity index (χ1) is 6.66. The number of ether oxygens (including phenoxy) is 2. The normalized spacial score (nSPS) is 20.9. The van der Waals surface area contributed by atoms with Crippen molar-refractivity contribution < 1.29 is 9.47 Å². The summed E-state index contributed by atoms with van der Waals surface area (Å²) >= 11 is 0. The summed E-state index contributed by atoms with van der Waals surface area (Å²) in [7, 11) is 0. The van der Waals surface area contributed by atoms with E-state index in [4.69, 9.17) is 9.47 Å². The summed E-state index contributed by atoms with van der Waals surface area (Å²) < 4.78 is 11.0. The lowest BCUT2D eigenvalue weighted by atomic mass is 10.0. The second-order valence-electron chi connectivity index (χ2n) is 3.62. The molecule has 0 radical (unpaired) electrons. The Balaban J connectivity index is 2.99. The van der Waals surface area contributed by atoms with E-state index in [1.165, 1.54) is 0 Å². The van der Waals surface area contributed by atoms with Crippen LogP contribution in [0.4, 0.5) is 0 Å². The van der Waals surface area contributed by atoms with Gasteiger partial charge in [-0.05, 0) is 11.5 Å². The lowest BCUT2D eigenvalue weighted by molar-refractivity contribution is 0.216. The lowest BCUT2D eigenvalue weighted by Gasteiger charge is -2.15. The molecule has 0 amide bonds. The Morgan fingerprint density at radius 2 is 2.00 bits per heavy atom. The van der Waals surface area contributed by atoms with Gasteiger partial charge in [0.1, 0.15) is 0 Å². The van der Waals surface area contributed by atoms with E-state index in [0.29, 0.717) is 24.9 Å². The van der Waals surface area contributed by atoms with E-state index in [-0.39, 0.29) is 0 Å². The average molecular weight is 194 g/mol. The van der Waals surface area contributed by atoms with Crippen LogP contribution in [-0.2, 0) is 9.47 Å². The quantitative estimate of drug-likeness (QED) is 0.672. The fraction of sp³-hybridized carbons (Fsp3) is 0.500. The van der Waals surface area contributed by atoms with Crippen molar-refractivity contribution in [3.05, 3.63) is 36.3 Å². The minimum atomic E-state index is 0.376. The molecule has 1 saturated heterocycles. The van der Waals surface area contributed by atoms with E-state index < -0.39 is 0 Å². The Labute approximate surface area is 85.9 Å².